The third-order valence-electron chi connectivity index (χ3n) is 2.31. The highest BCUT2D eigenvalue weighted by molar-refractivity contribution is 5.69. The molecule has 0 aromatic heterocycles. The molecule has 1 rings (SSSR count). The molecule has 21 heavy (non-hydrogen) atoms. The summed E-state index contributed by atoms with van der Waals surface area (Å²) in [6.07, 6.45) is 0. The van der Waals surface area contributed by atoms with Crippen molar-refractivity contribution in [1.82, 2.24) is 0 Å². The van der Waals surface area contributed by atoms with Crippen LogP contribution in [0.4, 0.5) is 15.8 Å². The summed E-state index contributed by atoms with van der Waals surface area (Å²) in [5.74, 6) is -1.26. The minimum atomic E-state index is -0.904. The molecule has 0 radical (unpaired) electrons. The number of anilines is 1. The molecule has 0 saturated heterocycles. The van der Waals surface area contributed by atoms with Gasteiger partial charge in [-0.05, 0) is 0 Å². The van der Waals surface area contributed by atoms with Gasteiger partial charge in [0.1, 0.15) is 29.6 Å². The van der Waals surface area contributed by atoms with Crippen LogP contribution in [-0.4, -0.2) is 12.0 Å². The average molecular weight is 287 g/mol. The molecule has 0 heterocycles. The van der Waals surface area contributed by atoms with E-state index in [2.05, 4.69) is 10.1 Å². The normalized spacial score (nSPS) is 8.71. The molecule has 0 unspecified atom stereocenters. The number of nitriles is 3. The molecule has 0 aliphatic rings. The Bertz CT molecular complexity index is 736. The fourth-order valence-electron chi connectivity index (χ4n) is 1.37. The van der Waals surface area contributed by atoms with Gasteiger partial charge in [0.2, 0.25) is 0 Å². The number of halogens is 1. The first-order valence-corrected chi connectivity index (χ1v) is 5.22. The van der Waals surface area contributed by atoms with E-state index in [1.807, 2.05) is 0 Å². The monoisotopic (exact) mass is 287 g/mol. The molecule has 0 saturated carbocycles. The SMILES string of the molecule is COc1cc([N+](=O)[O-])c(NC(C#N)=C(C#N)C#N)cc1F. The van der Waals surface area contributed by atoms with Crippen LogP contribution in [0.1, 0.15) is 0 Å². The highest BCUT2D eigenvalue weighted by Crippen LogP contribution is 2.32. The van der Waals surface area contributed by atoms with Crippen molar-refractivity contribution in [3.63, 3.8) is 0 Å². The molecule has 0 bridgehead atoms. The van der Waals surface area contributed by atoms with Crippen molar-refractivity contribution in [2.24, 2.45) is 0 Å². The fraction of sp³-hybridized carbons (Fsp3) is 0.0833. The van der Waals surface area contributed by atoms with E-state index in [1.165, 1.54) is 18.2 Å². The van der Waals surface area contributed by atoms with Gasteiger partial charge in [-0.25, -0.2) is 4.39 Å². The van der Waals surface area contributed by atoms with Gasteiger partial charge in [0, 0.05) is 6.07 Å². The second-order valence-electron chi connectivity index (χ2n) is 3.47. The summed E-state index contributed by atoms with van der Waals surface area (Å²) < 4.78 is 18.2. The Labute approximate surface area is 118 Å². The third-order valence-corrected chi connectivity index (χ3v) is 2.31. The molecule has 1 aromatic rings. The van der Waals surface area contributed by atoms with Gasteiger partial charge in [-0.3, -0.25) is 10.1 Å². The predicted molar refractivity (Wildman–Crippen MR) is 67.1 cm³/mol. The Balaban J connectivity index is 3.46. The van der Waals surface area contributed by atoms with E-state index in [0.29, 0.717) is 0 Å². The molecular formula is C12H6FN5O3. The maximum atomic E-state index is 13.6. The maximum absolute atomic E-state index is 13.6. The number of hydrogen-bond donors (Lipinski definition) is 1. The van der Waals surface area contributed by atoms with Crippen molar-refractivity contribution < 1.29 is 14.1 Å². The smallest absolute Gasteiger partial charge is 0.296 e. The Morgan fingerprint density at radius 3 is 2.38 bits per heavy atom. The van der Waals surface area contributed by atoms with Crippen molar-refractivity contribution in [3.8, 4) is 24.0 Å². The second-order valence-corrected chi connectivity index (χ2v) is 3.47. The van der Waals surface area contributed by atoms with Crippen molar-refractivity contribution in [2.75, 3.05) is 12.4 Å². The number of nitrogens with zero attached hydrogens (tertiary/aromatic N) is 4. The lowest BCUT2D eigenvalue weighted by Gasteiger charge is -2.08. The van der Waals surface area contributed by atoms with Crippen molar-refractivity contribution >= 4 is 11.4 Å². The zero-order chi connectivity index (χ0) is 16.0. The highest BCUT2D eigenvalue weighted by atomic mass is 19.1. The van der Waals surface area contributed by atoms with Gasteiger partial charge in [-0.1, -0.05) is 0 Å². The Kier molecular flexibility index (Phi) is 4.78. The molecule has 0 aliphatic heterocycles. The Morgan fingerprint density at radius 1 is 1.33 bits per heavy atom. The number of nitro benzene ring substituents is 1. The lowest BCUT2D eigenvalue weighted by molar-refractivity contribution is -0.384. The van der Waals surface area contributed by atoms with Crippen molar-refractivity contribution in [2.45, 2.75) is 0 Å². The third kappa shape index (κ3) is 3.22. The zero-order valence-electron chi connectivity index (χ0n) is 10.5. The number of rotatable bonds is 4. The molecule has 0 fully saturated rings. The van der Waals surface area contributed by atoms with E-state index in [9.17, 15) is 14.5 Å². The van der Waals surface area contributed by atoms with E-state index in [4.69, 9.17) is 15.8 Å². The summed E-state index contributed by atoms with van der Waals surface area (Å²) in [4.78, 5) is 10.1. The minimum absolute atomic E-state index is 0.351. The first-order chi connectivity index (χ1) is 9.98. The lowest BCUT2D eigenvalue weighted by atomic mass is 10.2. The van der Waals surface area contributed by atoms with Gasteiger partial charge in [-0.15, -0.1) is 0 Å². The van der Waals surface area contributed by atoms with Crippen LogP contribution in [0.2, 0.25) is 0 Å². The first-order valence-electron chi connectivity index (χ1n) is 5.22. The van der Waals surface area contributed by atoms with E-state index in [1.54, 1.807) is 0 Å². The molecule has 104 valence electrons. The standard InChI is InChI=1S/C12H6FN5O3/c1-21-12-3-11(18(19)20)9(2-8(12)13)17-10(6-16)7(4-14)5-15/h2-3,17H,1H3. The molecule has 1 N–H and O–H groups in total. The van der Waals surface area contributed by atoms with Gasteiger partial charge in [0.15, 0.2) is 17.1 Å². The summed E-state index contributed by atoms with van der Waals surface area (Å²) in [6.45, 7) is 0. The fourth-order valence-corrected chi connectivity index (χ4v) is 1.37. The molecule has 0 amide bonds. The topological polar surface area (TPSA) is 136 Å². The zero-order valence-corrected chi connectivity index (χ0v) is 10.5. The van der Waals surface area contributed by atoms with Crippen LogP contribution in [0.15, 0.2) is 23.4 Å². The van der Waals surface area contributed by atoms with Crippen LogP contribution in [-0.2, 0) is 0 Å². The predicted octanol–water partition coefficient (Wildman–Crippen LogP) is 1.98. The van der Waals surface area contributed by atoms with Crippen LogP contribution >= 0.6 is 0 Å². The van der Waals surface area contributed by atoms with E-state index >= 15 is 0 Å². The van der Waals surface area contributed by atoms with Crippen molar-refractivity contribution in [3.05, 3.63) is 39.3 Å². The van der Waals surface area contributed by atoms with Gasteiger partial charge in [0.05, 0.1) is 18.1 Å². The van der Waals surface area contributed by atoms with Crippen LogP contribution in [0.5, 0.6) is 5.75 Å². The Hall–Kier alpha value is -3.64. The van der Waals surface area contributed by atoms with Gasteiger partial charge >= 0.3 is 0 Å². The van der Waals surface area contributed by atoms with E-state index < -0.39 is 27.7 Å². The van der Waals surface area contributed by atoms with Crippen LogP contribution in [0.25, 0.3) is 0 Å². The van der Waals surface area contributed by atoms with Gasteiger partial charge < -0.3 is 10.1 Å². The van der Waals surface area contributed by atoms with E-state index in [0.717, 1.165) is 19.2 Å². The number of allylic oxidation sites excluding steroid dienone is 2. The van der Waals surface area contributed by atoms with Crippen LogP contribution < -0.4 is 10.1 Å². The minimum Gasteiger partial charge on any atom is -0.493 e. The molecule has 1 aromatic carbocycles. The van der Waals surface area contributed by atoms with Crippen molar-refractivity contribution in [1.29, 1.82) is 15.8 Å². The number of hydrogen-bond acceptors (Lipinski definition) is 7. The molecule has 0 aliphatic carbocycles. The van der Waals surface area contributed by atoms with Gasteiger partial charge in [-0.2, -0.15) is 15.8 Å². The molecule has 9 heteroatoms. The molecule has 0 spiro atoms. The largest absolute Gasteiger partial charge is 0.493 e. The Morgan fingerprint density at radius 2 is 1.95 bits per heavy atom. The number of ether oxygens (including phenoxy) is 1. The second kappa shape index (κ2) is 6.50. The summed E-state index contributed by atoms with van der Waals surface area (Å²) in [5.41, 5.74) is -2.05. The van der Waals surface area contributed by atoms with Gasteiger partial charge in [0.25, 0.3) is 5.69 Å². The average Bonchev–Trinajstić information content (AvgIpc) is 2.47. The van der Waals surface area contributed by atoms with E-state index in [-0.39, 0.29) is 11.4 Å². The lowest BCUT2D eigenvalue weighted by Crippen LogP contribution is -2.05. The summed E-state index contributed by atoms with van der Waals surface area (Å²) in [5, 5.41) is 39.3. The number of nitrogens with one attached hydrogen (secondary N) is 1. The maximum Gasteiger partial charge on any atom is 0.296 e. The number of nitro groups is 1. The number of benzene rings is 1. The molecule has 8 nitrogen and oxygen atoms in total. The number of methoxy groups -OCH3 is 1. The highest BCUT2D eigenvalue weighted by Gasteiger charge is 2.20. The first kappa shape index (κ1) is 15.4. The molecular weight excluding hydrogens is 281 g/mol. The van der Waals surface area contributed by atoms with Crippen LogP contribution in [0.3, 0.4) is 0 Å². The quantitative estimate of drug-likeness (QED) is 0.507. The molecule has 0 atom stereocenters. The summed E-state index contributed by atoms with van der Waals surface area (Å²) in [6, 6.07) is 5.98. The van der Waals surface area contributed by atoms with Crippen LogP contribution in [0, 0.1) is 49.9 Å². The summed E-state index contributed by atoms with van der Waals surface area (Å²) >= 11 is 0. The summed E-state index contributed by atoms with van der Waals surface area (Å²) in [7, 11) is 1.14.